The Kier molecular flexibility index (Phi) is 5.84. The van der Waals surface area contributed by atoms with Gasteiger partial charge in [-0.05, 0) is 51.3 Å². The van der Waals surface area contributed by atoms with Crippen molar-refractivity contribution in [1.29, 1.82) is 0 Å². The number of hydrogen-bond donors (Lipinski definition) is 2. The maximum absolute atomic E-state index is 12.9. The summed E-state index contributed by atoms with van der Waals surface area (Å²) >= 11 is 0. The summed E-state index contributed by atoms with van der Waals surface area (Å²) in [5.74, 6) is -0.964. The van der Waals surface area contributed by atoms with Crippen LogP contribution in [0.2, 0.25) is 0 Å². The molecular formula is C17H25N3O4S. The number of primary amides is 1. The molecule has 1 saturated heterocycles. The molecule has 8 heteroatoms. The van der Waals surface area contributed by atoms with Gasteiger partial charge >= 0.3 is 0 Å². The maximum Gasteiger partial charge on any atom is 0.251 e. The van der Waals surface area contributed by atoms with E-state index >= 15 is 0 Å². The molecule has 1 aromatic rings. The van der Waals surface area contributed by atoms with Gasteiger partial charge in [0.25, 0.3) is 5.91 Å². The zero-order valence-electron chi connectivity index (χ0n) is 14.8. The van der Waals surface area contributed by atoms with Crippen molar-refractivity contribution in [3.8, 4) is 0 Å². The molecule has 1 aromatic carbocycles. The van der Waals surface area contributed by atoms with Crippen LogP contribution in [0.3, 0.4) is 0 Å². The zero-order chi connectivity index (χ0) is 18.8. The highest BCUT2D eigenvalue weighted by Gasteiger charge is 2.31. The Labute approximate surface area is 148 Å². The molecule has 1 fully saturated rings. The third kappa shape index (κ3) is 4.38. The normalized spacial score (nSPS) is 16.8. The number of carbonyl (C=O) groups excluding carboxylic acids is 2. The van der Waals surface area contributed by atoms with Crippen molar-refractivity contribution in [2.45, 2.75) is 44.6 Å². The Balaban J connectivity index is 2.25. The quantitative estimate of drug-likeness (QED) is 0.809. The van der Waals surface area contributed by atoms with Crippen LogP contribution in [0.1, 0.15) is 42.6 Å². The first-order valence-electron chi connectivity index (χ1n) is 8.34. The van der Waals surface area contributed by atoms with Gasteiger partial charge in [0.05, 0.1) is 4.90 Å². The van der Waals surface area contributed by atoms with Gasteiger partial charge in [-0.3, -0.25) is 9.59 Å². The van der Waals surface area contributed by atoms with Crippen LogP contribution in [0.5, 0.6) is 0 Å². The topological polar surface area (TPSA) is 110 Å². The van der Waals surface area contributed by atoms with Crippen LogP contribution < -0.4 is 11.1 Å². The fraction of sp³-hybridized carbons (Fsp3) is 0.529. The summed E-state index contributed by atoms with van der Waals surface area (Å²) in [4.78, 5) is 23.6. The van der Waals surface area contributed by atoms with Crippen LogP contribution in [-0.4, -0.2) is 43.7 Å². The van der Waals surface area contributed by atoms with Gasteiger partial charge in [-0.15, -0.1) is 0 Å². The van der Waals surface area contributed by atoms with E-state index < -0.39 is 10.0 Å². The second-order valence-corrected chi connectivity index (χ2v) is 8.62. The molecule has 25 heavy (non-hydrogen) atoms. The fourth-order valence-corrected chi connectivity index (χ4v) is 4.37. The molecule has 0 aromatic heterocycles. The molecule has 2 rings (SSSR count). The fourth-order valence-electron chi connectivity index (χ4n) is 2.88. The van der Waals surface area contributed by atoms with Crippen LogP contribution in [-0.2, 0) is 14.8 Å². The number of sulfonamides is 1. The molecule has 1 aliphatic rings. The summed E-state index contributed by atoms with van der Waals surface area (Å²) in [6.45, 7) is 5.95. The number of nitrogens with two attached hydrogens (primary N) is 1. The standard InChI is InChI=1S/C17H25N3O4S/c1-11(2)19-17(22)15-10-14(5-4-12(15)3)25(23,24)20-8-6-13(7-9-20)16(18)21/h4-5,10-11,13H,6-9H2,1-3H3,(H2,18,21)(H,19,22). The van der Waals surface area contributed by atoms with E-state index in [1.54, 1.807) is 13.0 Å². The first-order valence-corrected chi connectivity index (χ1v) is 9.78. The lowest BCUT2D eigenvalue weighted by atomic mass is 9.98. The largest absolute Gasteiger partial charge is 0.369 e. The second kappa shape index (κ2) is 7.53. The number of nitrogens with one attached hydrogen (secondary N) is 1. The summed E-state index contributed by atoms with van der Waals surface area (Å²) in [7, 11) is -3.71. The predicted octanol–water partition coefficient (Wildman–Crippen LogP) is 1.02. The monoisotopic (exact) mass is 367 g/mol. The summed E-state index contributed by atoms with van der Waals surface area (Å²) in [5, 5.41) is 2.78. The minimum atomic E-state index is -3.71. The molecule has 138 valence electrons. The number of rotatable bonds is 5. The first kappa shape index (κ1) is 19.4. The first-order chi connectivity index (χ1) is 11.6. The molecule has 0 spiro atoms. The van der Waals surface area contributed by atoms with E-state index in [2.05, 4.69) is 5.32 Å². The van der Waals surface area contributed by atoms with Gasteiger partial charge in [-0.2, -0.15) is 4.31 Å². The second-order valence-electron chi connectivity index (χ2n) is 6.69. The molecule has 1 heterocycles. The average molecular weight is 367 g/mol. The predicted molar refractivity (Wildman–Crippen MR) is 94.5 cm³/mol. The van der Waals surface area contributed by atoms with E-state index in [9.17, 15) is 18.0 Å². The van der Waals surface area contributed by atoms with E-state index in [0.717, 1.165) is 0 Å². The van der Waals surface area contributed by atoms with Gasteiger partial charge < -0.3 is 11.1 Å². The van der Waals surface area contributed by atoms with E-state index in [4.69, 9.17) is 5.73 Å². The van der Waals surface area contributed by atoms with Gasteiger partial charge in [-0.25, -0.2) is 8.42 Å². The molecule has 0 bridgehead atoms. The molecule has 2 amide bonds. The zero-order valence-corrected chi connectivity index (χ0v) is 15.6. The lowest BCUT2D eigenvalue weighted by Gasteiger charge is -2.29. The Morgan fingerprint density at radius 1 is 1.24 bits per heavy atom. The highest BCUT2D eigenvalue weighted by atomic mass is 32.2. The van der Waals surface area contributed by atoms with E-state index in [1.807, 2.05) is 13.8 Å². The van der Waals surface area contributed by atoms with Crippen LogP contribution in [0.15, 0.2) is 23.1 Å². The molecule has 7 nitrogen and oxygen atoms in total. The van der Waals surface area contributed by atoms with E-state index in [1.165, 1.54) is 16.4 Å². The van der Waals surface area contributed by atoms with Crippen LogP contribution in [0.25, 0.3) is 0 Å². The Morgan fingerprint density at radius 2 is 1.84 bits per heavy atom. The maximum atomic E-state index is 12.9. The van der Waals surface area contributed by atoms with Crippen molar-refractivity contribution in [2.24, 2.45) is 11.7 Å². The van der Waals surface area contributed by atoms with Gasteiger partial charge in [0.1, 0.15) is 0 Å². The number of amides is 2. The van der Waals surface area contributed by atoms with E-state index in [-0.39, 0.29) is 41.8 Å². The number of hydrogen-bond acceptors (Lipinski definition) is 4. The molecule has 0 aliphatic carbocycles. The number of aryl methyl sites for hydroxylation is 1. The highest BCUT2D eigenvalue weighted by molar-refractivity contribution is 7.89. The van der Waals surface area contributed by atoms with Gasteiger partial charge in [-0.1, -0.05) is 6.07 Å². The number of nitrogens with zero attached hydrogens (tertiary/aromatic N) is 1. The Morgan fingerprint density at radius 3 is 2.36 bits per heavy atom. The molecular weight excluding hydrogens is 342 g/mol. The van der Waals surface area contributed by atoms with Gasteiger partial charge in [0, 0.05) is 30.6 Å². The summed E-state index contributed by atoms with van der Waals surface area (Å²) in [6.07, 6.45) is 0.836. The number of piperidine rings is 1. The SMILES string of the molecule is Cc1ccc(S(=O)(=O)N2CCC(C(N)=O)CC2)cc1C(=O)NC(C)C. The van der Waals surface area contributed by atoms with Crippen molar-refractivity contribution in [3.05, 3.63) is 29.3 Å². The van der Waals surface area contributed by atoms with Crippen molar-refractivity contribution < 1.29 is 18.0 Å². The number of carbonyl (C=O) groups is 2. The minimum Gasteiger partial charge on any atom is -0.369 e. The minimum absolute atomic E-state index is 0.0417. The molecule has 0 radical (unpaired) electrons. The van der Waals surface area contributed by atoms with Crippen LogP contribution in [0, 0.1) is 12.8 Å². The Bertz CT molecular complexity index is 766. The summed E-state index contributed by atoms with van der Waals surface area (Å²) < 4.78 is 27.0. The van der Waals surface area contributed by atoms with Crippen LogP contribution >= 0.6 is 0 Å². The van der Waals surface area contributed by atoms with Crippen LogP contribution in [0.4, 0.5) is 0 Å². The highest BCUT2D eigenvalue weighted by Crippen LogP contribution is 2.25. The summed E-state index contributed by atoms with van der Waals surface area (Å²) in [6, 6.07) is 4.53. The third-order valence-electron chi connectivity index (χ3n) is 4.37. The smallest absolute Gasteiger partial charge is 0.251 e. The lowest BCUT2D eigenvalue weighted by Crippen LogP contribution is -2.41. The molecule has 0 atom stereocenters. The Hall–Kier alpha value is -1.93. The van der Waals surface area contributed by atoms with Crippen molar-refractivity contribution in [3.63, 3.8) is 0 Å². The molecule has 0 saturated carbocycles. The van der Waals surface area contributed by atoms with Gasteiger partial charge in [0.15, 0.2) is 0 Å². The molecule has 0 unspecified atom stereocenters. The number of benzene rings is 1. The van der Waals surface area contributed by atoms with Crippen molar-refractivity contribution >= 4 is 21.8 Å². The van der Waals surface area contributed by atoms with Crippen molar-refractivity contribution in [1.82, 2.24) is 9.62 Å². The third-order valence-corrected chi connectivity index (χ3v) is 6.26. The van der Waals surface area contributed by atoms with E-state index in [0.29, 0.717) is 24.0 Å². The average Bonchev–Trinajstić information content (AvgIpc) is 2.54. The van der Waals surface area contributed by atoms with Gasteiger partial charge in [0.2, 0.25) is 15.9 Å². The molecule has 3 N–H and O–H groups in total. The summed E-state index contributed by atoms with van der Waals surface area (Å²) in [5.41, 5.74) is 6.35. The lowest BCUT2D eigenvalue weighted by molar-refractivity contribution is -0.122. The molecule has 1 aliphatic heterocycles. The van der Waals surface area contributed by atoms with Crippen molar-refractivity contribution in [2.75, 3.05) is 13.1 Å².